The summed E-state index contributed by atoms with van der Waals surface area (Å²) in [6, 6.07) is 7.37. The summed E-state index contributed by atoms with van der Waals surface area (Å²) < 4.78 is 25.6. The summed E-state index contributed by atoms with van der Waals surface area (Å²) in [5, 5.41) is 9.19. The second kappa shape index (κ2) is 5.48. The number of aromatic nitrogens is 1. The summed E-state index contributed by atoms with van der Waals surface area (Å²) in [6.07, 6.45) is 2.55. The molecule has 106 valence electrons. The van der Waals surface area contributed by atoms with Crippen molar-refractivity contribution in [2.75, 3.05) is 7.05 Å². The summed E-state index contributed by atoms with van der Waals surface area (Å²) >= 11 is 0. The summed E-state index contributed by atoms with van der Waals surface area (Å²) in [5.41, 5.74) is 0.155. The molecule has 0 unspecified atom stereocenters. The van der Waals surface area contributed by atoms with Crippen molar-refractivity contribution in [1.29, 1.82) is 0 Å². The van der Waals surface area contributed by atoms with Crippen LogP contribution < -0.4 is 5.43 Å². The SMILES string of the molecule is CN(Cc1ccc(O)cc1)S(=O)(=O)c1c[nH]ccc1=O. The molecule has 0 radical (unpaired) electrons. The van der Waals surface area contributed by atoms with E-state index < -0.39 is 15.5 Å². The van der Waals surface area contributed by atoms with Crippen LogP contribution >= 0.6 is 0 Å². The van der Waals surface area contributed by atoms with Crippen LogP contribution in [-0.4, -0.2) is 29.9 Å². The van der Waals surface area contributed by atoms with Crippen molar-refractivity contribution in [1.82, 2.24) is 9.29 Å². The minimum atomic E-state index is -3.85. The van der Waals surface area contributed by atoms with Crippen LogP contribution in [0.25, 0.3) is 0 Å². The van der Waals surface area contributed by atoms with E-state index in [0.717, 1.165) is 4.31 Å². The largest absolute Gasteiger partial charge is 0.508 e. The highest BCUT2D eigenvalue weighted by molar-refractivity contribution is 7.89. The minimum Gasteiger partial charge on any atom is -0.508 e. The van der Waals surface area contributed by atoms with Gasteiger partial charge in [0.1, 0.15) is 10.6 Å². The molecular formula is C13H14N2O4S. The molecule has 1 aromatic carbocycles. The normalized spacial score (nSPS) is 11.7. The van der Waals surface area contributed by atoms with E-state index in [1.54, 1.807) is 12.1 Å². The topological polar surface area (TPSA) is 90.5 Å². The Hall–Kier alpha value is -2.12. The van der Waals surface area contributed by atoms with Crippen LogP contribution in [0.5, 0.6) is 5.75 Å². The number of nitrogens with one attached hydrogen (secondary N) is 1. The lowest BCUT2D eigenvalue weighted by atomic mass is 10.2. The highest BCUT2D eigenvalue weighted by atomic mass is 32.2. The van der Waals surface area contributed by atoms with Gasteiger partial charge in [0.25, 0.3) is 0 Å². The second-order valence-electron chi connectivity index (χ2n) is 4.30. The Labute approximate surface area is 116 Å². The van der Waals surface area contributed by atoms with Gasteiger partial charge >= 0.3 is 0 Å². The van der Waals surface area contributed by atoms with Crippen LogP contribution in [0.4, 0.5) is 0 Å². The molecule has 0 fully saturated rings. The molecule has 0 aliphatic rings. The number of aromatic hydroxyl groups is 1. The summed E-state index contributed by atoms with van der Waals surface area (Å²) in [5.74, 6) is 0.110. The number of pyridine rings is 1. The summed E-state index contributed by atoms with van der Waals surface area (Å²) in [7, 11) is -2.45. The first-order valence-electron chi connectivity index (χ1n) is 5.82. The van der Waals surface area contributed by atoms with Crippen molar-refractivity contribution >= 4 is 10.0 Å². The van der Waals surface area contributed by atoms with Crippen molar-refractivity contribution in [2.45, 2.75) is 11.4 Å². The number of H-pyrrole nitrogens is 1. The lowest BCUT2D eigenvalue weighted by Gasteiger charge is -2.16. The molecule has 6 nitrogen and oxygen atoms in total. The van der Waals surface area contributed by atoms with Gasteiger partial charge in [-0.25, -0.2) is 8.42 Å². The van der Waals surface area contributed by atoms with Gasteiger partial charge in [0.15, 0.2) is 0 Å². The minimum absolute atomic E-state index is 0.108. The monoisotopic (exact) mass is 294 g/mol. The maximum absolute atomic E-state index is 12.3. The molecule has 1 aromatic heterocycles. The highest BCUT2D eigenvalue weighted by Gasteiger charge is 2.23. The molecule has 0 bridgehead atoms. The second-order valence-corrected chi connectivity index (χ2v) is 6.31. The third-order valence-electron chi connectivity index (χ3n) is 2.82. The van der Waals surface area contributed by atoms with E-state index in [1.165, 1.54) is 37.6 Å². The quantitative estimate of drug-likeness (QED) is 0.876. The van der Waals surface area contributed by atoms with Crippen LogP contribution in [0.2, 0.25) is 0 Å². The standard InChI is InChI=1S/C13H14N2O4S/c1-15(9-10-2-4-11(16)5-3-10)20(18,19)13-8-14-7-6-12(13)17/h2-8,16H,9H2,1H3,(H,14,17). The Morgan fingerprint density at radius 2 is 1.85 bits per heavy atom. The maximum atomic E-state index is 12.3. The van der Waals surface area contributed by atoms with Gasteiger partial charge in [-0.1, -0.05) is 12.1 Å². The Morgan fingerprint density at radius 3 is 2.45 bits per heavy atom. The Kier molecular flexibility index (Phi) is 3.91. The van der Waals surface area contributed by atoms with Crippen molar-refractivity contribution in [3.8, 4) is 5.75 Å². The molecule has 2 aromatic rings. The van der Waals surface area contributed by atoms with Gasteiger partial charge in [-0.3, -0.25) is 4.79 Å². The average Bonchev–Trinajstić information content (AvgIpc) is 2.41. The molecule has 20 heavy (non-hydrogen) atoms. The van der Waals surface area contributed by atoms with Crippen molar-refractivity contribution in [3.05, 3.63) is 58.5 Å². The number of hydrogen-bond acceptors (Lipinski definition) is 4. The molecule has 1 heterocycles. The molecule has 2 N–H and O–H groups in total. The number of nitrogens with zero attached hydrogens (tertiary/aromatic N) is 1. The van der Waals surface area contributed by atoms with Gasteiger partial charge in [-0.2, -0.15) is 4.31 Å². The van der Waals surface area contributed by atoms with Crippen LogP contribution in [0.15, 0.2) is 52.4 Å². The van der Waals surface area contributed by atoms with E-state index >= 15 is 0 Å². The van der Waals surface area contributed by atoms with Gasteiger partial charge in [0, 0.05) is 32.1 Å². The van der Waals surface area contributed by atoms with Crippen molar-refractivity contribution < 1.29 is 13.5 Å². The maximum Gasteiger partial charge on any atom is 0.248 e. The van der Waals surface area contributed by atoms with Gasteiger partial charge in [0.05, 0.1) is 0 Å². The number of aromatic amines is 1. The summed E-state index contributed by atoms with van der Waals surface area (Å²) in [4.78, 5) is 13.9. The van der Waals surface area contributed by atoms with E-state index in [1.807, 2.05) is 0 Å². The van der Waals surface area contributed by atoms with Gasteiger partial charge < -0.3 is 10.1 Å². The van der Waals surface area contributed by atoms with E-state index in [0.29, 0.717) is 5.56 Å². The molecule has 0 aliphatic carbocycles. The Balaban J connectivity index is 2.28. The molecule has 0 saturated carbocycles. The zero-order chi connectivity index (χ0) is 14.8. The molecule has 0 atom stereocenters. The lowest BCUT2D eigenvalue weighted by molar-refractivity contribution is 0.463. The van der Waals surface area contributed by atoms with Crippen LogP contribution in [0, 0.1) is 0 Å². The number of rotatable bonds is 4. The smallest absolute Gasteiger partial charge is 0.248 e. The molecule has 0 amide bonds. The predicted octanol–water partition coefficient (Wildman–Crippen LogP) is 0.901. The lowest BCUT2D eigenvalue weighted by Crippen LogP contribution is -2.30. The van der Waals surface area contributed by atoms with Crippen LogP contribution in [0.1, 0.15) is 5.56 Å². The number of phenols is 1. The van der Waals surface area contributed by atoms with Gasteiger partial charge in [-0.15, -0.1) is 0 Å². The molecule has 0 saturated heterocycles. The van der Waals surface area contributed by atoms with E-state index in [-0.39, 0.29) is 17.2 Å². The van der Waals surface area contributed by atoms with Crippen LogP contribution in [-0.2, 0) is 16.6 Å². The Bertz CT molecular complexity index is 750. The Morgan fingerprint density at radius 1 is 1.20 bits per heavy atom. The molecule has 0 spiro atoms. The third kappa shape index (κ3) is 2.89. The molecule has 7 heteroatoms. The van der Waals surface area contributed by atoms with Gasteiger partial charge in [-0.05, 0) is 17.7 Å². The van der Waals surface area contributed by atoms with E-state index in [4.69, 9.17) is 0 Å². The number of sulfonamides is 1. The first-order valence-corrected chi connectivity index (χ1v) is 7.26. The van der Waals surface area contributed by atoms with Crippen molar-refractivity contribution in [3.63, 3.8) is 0 Å². The first-order chi connectivity index (χ1) is 9.41. The highest BCUT2D eigenvalue weighted by Crippen LogP contribution is 2.15. The molecular weight excluding hydrogens is 280 g/mol. The fourth-order valence-corrected chi connectivity index (χ4v) is 2.91. The van der Waals surface area contributed by atoms with E-state index in [9.17, 15) is 18.3 Å². The fourth-order valence-electron chi connectivity index (χ4n) is 1.71. The number of benzene rings is 1. The number of phenolic OH excluding ortho intramolecular Hbond substituents is 1. The zero-order valence-corrected chi connectivity index (χ0v) is 11.6. The number of hydrogen-bond donors (Lipinski definition) is 2. The van der Waals surface area contributed by atoms with Crippen LogP contribution in [0.3, 0.4) is 0 Å². The predicted molar refractivity (Wildman–Crippen MR) is 73.8 cm³/mol. The fraction of sp³-hybridized carbons (Fsp3) is 0.154. The van der Waals surface area contributed by atoms with E-state index in [2.05, 4.69) is 4.98 Å². The zero-order valence-electron chi connectivity index (χ0n) is 10.8. The molecule has 0 aliphatic heterocycles. The summed E-state index contributed by atoms with van der Waals surface area (Å²) in [6.45, 7) is 0.108. The third-order valence-corrected chi connectivity index (χ3v) is 4.64. The molecule has 2 rings (SSSR count). The first kappa shape index (κ1) is 14.3. The van der Waals surface area contributed by atoms with Gasteiger partial charge in [0.2, 0.25) is 15.5 Å². The van der Waals surface area contributed by atoms with Crippen molar-refractivity contribution in [2.24, 2.45) is 0 Å². The average molecular weight is 294 g/mol.